The van der Waals surface area contributed by atoms with Crippen LogP contribution in [0.25, 0.3) is 16.7 Å². The standard InChI is InChI=1S/C12H11FN4OS/c1-2-5-16-10(18)8-6-7(13)3-4-9(8)17-11(16)14-15-12(17)19/h3-4,6H,2,5H2,1H3,(H,15,19). The van der Waals surface area contributed by atoms with Crippen molar-refractivity contribution in [2.75, 3.05) is 0 Å². The number of aromatic nitrogens is 4. The summed E-state index contributed by atoms with van der Waals surface area (Å²) in [7, 11) is 0. The van der Waals surface area contributed by atoms with Gasteiger partial charge in [-0.1, -0.05) is 6.92 Å². The lowest BCUT2D eigenvalue weighted by molar-refractivity contribution is 0.627. The van der Waals surface area contributed by atoms with Crippen LogP contribution < -0.4 is 5.56 Å². The molecule has 0 amide bonds. The zero-order valence-corrected chi connectivity index (χ0v) is 11.0. The monoisotopic (exact) mass is 278 g/mol. The van der Waals surface area contributed by atoms with E-state index in [-0.39, 0.29) is 5.56 Å². The normalized spacial score (nSPS) is 11.5. The highest BCUT2D eigenvalue weighted by Crippen LogP contribution is 2.14. The van der Waals surface area contributed by atoms with E-state index >= 15 is 0 Å². The average molecular weight is 278 g/mol. The van der Waals surface area contributed by atoms with Crippen molar-refractivity contribution in [2.24, 2.45) is 0 Å². The van der Waals surface area contributed by atoms with E-state index in [1.54, 1.807) is 10.5 Å². The molecule has 1 N–H and O–H groups in total. The third kappa shape index (κ3) is 1.69. The number of fused-ring (bicyclic) bond motifs is 3. The molecule has 2 aromatic heterocycles. The molecule has 0 atom stereocenters. The van der Waals surface area contributed by atoms with Gasteiger partial charge in [0.05, 0.1) is 10.9 Å². The van der Waals surface area contributed by atoms with E-state index < -0.39 is 5.82 Å². The molecule has 0 aliphatic rings. The molecule has 3 aromatic rings. The van der Waals surface area contributed by atoms with Crippen molar-refractivity contribution in [1.29, 1.82) is 0 Å². The molecule has 7 heteroatoms. The smallest absolute Gasteiger partial charge is 0.262 e. The lowest BCUT2D eigenvalue weighted by Crippen LogP contribution is -2.23. The van der Waals surface area contributed by atoms with Crippen molar-refractivity contribution in [3.05, 3.63) is 39.1 Å². The van der Waals surface area contributed by atoms with Gasteiger partial charge in [0.1, 0.15) is 5.82 Å². The number of aromatic amines is 1. The van der Waals surface area contributed by atoms with E-state index in [9.17, 15) is 9.18 Å². The lowest BCUT2D eigenvalue weighted by atomic mass is 10.2. The highest BCUT2D eigenvalue weighted by Gasteiger charge is 2.13. The van der Waals surface area contributed by atoms with Crippen molar-refractivity contribution >= 4 is 28.9 Å². The molecule has 0 aliphatic heterocycles. The molecule has 19 heavy (non-hydrogen) atoms. The number of halogens is 1. The largest absolute Gasteiger partial charge is 0.276 e. The maximum absolute atomic E-state index is 13.4. The number of aryl methyl sites for hydroxylation is 1. The molecule has 0 bridgehead atoms. The average Bonchev–Trinajstić information content (AvgIpc) is 2.77. The number of nitrogens with one attached hydrogen (secondary N) is 1. The Kier molecular flexibility index (Phi) is 2.70. The van der Waals surface area contributed by atoms with E-state index in [4.69, 9.17) is 12.2 Å². The fourth-order valence-electron chi connectivity index (χ4n) is 2.22. The molecule has 0 aliphatic carbocycles. The van der Waals surface area contributed by atoms with Gasteiger partial charge >= 0.3 is 0 Å². The molecular formula is C12H11FN4OS. The van der Waals surface area contributed by atoms with Crippen LogP contribution in [0.15, 0.2) is 23.0 Å². The number of hydrogen-bond acceptors (Lipinski definition) is 3. The Bertz CT molecular complexity index is 892. The van der Waals surface area contributed by atoms with Crippen molar-refractivity contribution in [1.82, 2.24) is 19.2 Å². The molecule has 1 aromatic carbocycles. The van der Waals surface area contributed by atoms with Crippen molar-refractivity contribution in [2.45, 2.75) is 19.9 Å². The molecule has 3 rings (SSSR count). The van der Waals surface area contributed by atoms with E-state index in [2.05, 4.69) is 10.2 Å². The number of nitrogens with zero attached hydrogens (tertiary/aromatic N) is 3. The molecule has 0 spiro atoms. The van der Waals surface area contributed by atoms with Crippen molar-refractivity contribution in [3.63, 3.8) is 0 Å². The van der Waals surface area contributed by atoms with Gasteiger partial charge in [0.15, 0.2) is 0 Å². The van der Waals surface area contributed by atoms with Gasteiger partial charge in [-0.15, -0.1) is 5.10 Å². The summed E-state index contributed by atoms with van der Waals surface area (Å²) in [6, 6.07) is 4.08. The number of rotatable bonds is 2. The van der Waals surface area contributed by atoms with Crippen LogP contribution >= 0.6 is 12.2 Å². The predicted octanol–water partition coefficient (Wildman–Crippen LogP) is 2.26. The Balaban J connectivity index is 2.63. The Morgan fingerprint density at radius 3 is 3.00 bits per heavy atom. The second-order valence-corrected chi connectivity index (χ2v) is 4.67. The second kappa shape index (κ2) is 4.27. The van der Waals surface area contributed by atoms with E-state index in [0.29, 0.717) is 28.0 Å². The van der Waals surface area contributed by atoms with Crippen LogP contribution in [0.4, 0.5) is 4.39 Å². The van der Waals surface area contributed by atoms with E-state index in [0.717, 1.165) is 6.42 Å². The summed E-state index contributed by atoms with van der Waals surface area (Å²) >= 11 is 5.17. The van der Waals surface area contributed by atoms with Gasteiger partial charge in [-0.2, -0.15) is 0 Å². The first-order valence-corrected chi connectivity index (χ1v) is 6.33. The SMILES string of the molecule is CCCn1c(=O)c2cc(F)ccc2n2c(=S)[nH]nc12. The molecule has 0 saturated carbocycles. The predicted molar refractivity (Wildman–Crippen MR) is 72.4 cm³/mol. The highest BCUT2D eigenvalue weighted by atomic mass is 32.1. The summed E-state index contributed by atoms with van der Waals surface area (Å²) in [5.74, 6) is 0.0120. The van der Waals surface area contributed by atoms with Gasteiger partial charge in [-0.05, 0) is 36.8 Å². The zero-order valence-electron chi connectivity index (χ0n) is 10.2. The summed E-state index contributed by atoms with van der Waals surface area (Å²) in [6.07, 6.45) is 0.774. The van der Waals surface area contributed by atoms with Crippen LogP contribution in [0.5, 0.6) is 0 Å². The van der Waals surface area contributed by atoms with Gasteiger partial charge in [-0.3, -0.25) is 13.8 Å². The maximum Gasteiger partial charge on any atom is 0.262 e. The summed E-state index contributed by atoms with van der Waals surface area (Å²) in [5, 5.41) is 7.06. The zero-order chi connectivity index (χ0) is 13.6. The minimum atomic E-state index is -0.443. The summed E-state index contributed by atoms with van der Waals surface area (Å²) in [6.45, 7) is 2.47. The molecule has 0 saturated heterocycles. The van der Waals surface area contributed by atoms with Gasteiger partial charge in [0.2, 0.25) is 10.5 Å². The summed E-state index contributed by atoms with van der Waals surface area (Å²) < 4.78 is 16.9. The first-order valence-electron chi connectivity index (χ1n) is 5.92. The van der Waals surface area contributed by atoms with Gasteiger partial charge in [0.25, 0.3) is 5.56 Å². The third-order valence-electron chi connectivity index (χ3n) is 3.02. The van der Waals surface area contributed by atoms with Crippen molar-refractivity contribution < 1.29 is 4.39 Å². The van der Waals surface area contributed by atoms with E-state index in [1.807, 2.05) is 6.92 Å². The first-order chi connectivity index (χ1) is 9.13. The Labute approximate surface area is 112 Å². The van der Waals surface area contributed by atoms with Crippen LogP contribution in [0.2, 0.25) is 0 Å². The Morgan fingerprint density at radius 2 is 2.26 bits per heavy atom. The lowest BCUT2D eigenvalue weighted by Gasteiger charge is -2.08. The Morgan fingerprint density at radius 1 is 1.47 bits per heavy atom. The van der Waals surface area contributed by atoms with Crippen LogP contribution in [0, 0.1) is 10.6 Å². The van der Waals surface area contributed by atoms with E-state index in [1.165, 1.54) is 16.7 Å². The molecule has 0 fully saturated rings. The molecule has 0 radical (unpaired) electrons. The minimum Gasteiger partial charge on any atom is -0.276 e. The topological polar surface area (TPSA) is 55.1 Å². The van der Waals surface area contributed by atoms with Gasteiger partial charge < -0.3 is 0 Å². The van der Waals surface area contributed by atoms with Crippen LogP contribution in [0.1, 0.15) is 13.3 Å². The molecule has 5 nitrogen and oxygen atoms in total. The number of hydrogen-bond donors (Lipinski definition) is 1. The molecule has 98 valence electrons. The first kappa shape index (κ1) is 12.0. The quantitative estimate of drug-likeness (QED) is 0.731. The highest BCUT2D eigenvalue weighted by molar-refractivity contribution is 7.71. The van der Waals surface area contributed by atoms with Crippen LogP contribution in [-0.4, -0.2) is 19.2 Å². The Hall–Kier alpha value is -2.02. The fourth-order valence-corrected chi connectivity index (χ4v) is 2.45. The molecular weight excluding hydrogens is 267 g/mol. The summed E-state index contributed by atoms with van der Waals surface area (Å²) in [4.78, 5) is 12.4. The minimum absolute atomic E-state index is 0.252. The van der Waals surface area contributed by atoms with Crippen molar-refractivity contribution in [3.8, 4) is 0 Å². The second-order valence-electron chi connectivity index (χ2n) is 4.28. The molecule has 0 unspecified atom stereocenters. The third-order valence-corrected chi connectivity index (χ3v) is 3.29. The van der Waals surface area contributed by atoms with Crippen LogP contribution in [-0.2, 0) is 6.54 Å². The van der Waals surface area contributed by atoms with Gasteiger partial charge in [-0.25, -0.2) is 9.49 Å². The van der Waals surface area contributed by atoms with Gasteiger partial charge in [0, 0.05) is 6.54 Å². The fraction of sp³-hybridized carbons (Fsp3) is 0.250. The number of H-pyrrole nitrogens is 1. The maximum atomic E-state index is 13.4. The number of benzene rings is 1. The molecule has 2 heterocycles. The van der Waals surface area contributed by atoms with Crippen LogP contribution in [0.3, 0.4) is 0 Å². The summed E-state index contributed by atoms with van der Waals surface area (Å²) in [5.41, 5.74) is 0.311.